The van der Waals surface area contributed by atoms with Crippen molar-refractivity contribution in [3.8, 4) is 5.69 Å². The molecular weight excluding hydrogens is 1880 g/mol. The van der Waals surface area contributed by atoms with Gasteiger partial charge in [-0.3, -0.25) is 28.8 Å². The van der Waals surface area contributed by atoms with E-state index >= 15 is 0 Å². The third kappa shape index (κ3) is 19.5. The number of aryl methyl sites for hydroxylation is 6. The van der Waals surface area contributed by atoms with Crippen molar-refractivity contribution < 1.29 is 43.0 Å². The summed E-state index contributed by atoms with van der Waals surface area (Å²) in [5, 5.41) is 14.2. The molecule has 0 radical (unpaired) electrons. The highest BCUT2D eigenvalue weighted by Crippen LogP contribution is 2.53. The third-order valence-corrected chi connectivity index (χ3v) is 33.2. The lowest BCUT2D eigenvalue weighted by Crippen LogP contribution is -2.50. The summed E-state index contributed by atoms with van der Waals surface area (Å²) in [6, 6.07) is 67.8. The van der Waals surface area contributed by atoms with Gasteiger partial charge in [0.05, 0.1) is 83.1 Å². The number of nitrogens with zero attached hydrogens (tertiary/aromatic N) is 6. The molecule has 8 aromatic carbocycles. The minimum Gasteiger partial charge on any atom is -0.486 e. The molecule has 15 aromatic rings. The SMILES string of the molecule is C/C=C/C1=CC2C(=O)C3OC(C)=CC3C(=O)C2O1.C/C=C/c1ccc(C2=C3C(=O)CC(c4ccc(C)s4)=C3C(=O)N2)s1.C/C=C/c1ccc(C2=C3C(=O)N(CC(C)C)C(C4CCC(C)S4)=C3C(=O)N2CC(C)C)s1.C/C=C/c1ccc2c3cc4c(cc3n(C)c2c1)c1ccc(C)cc1n4C.C/C=C/c1ccc2c3ccc(C)cc3n(-c3ccccc3)c2c1.C/C=C/c1ccc2c3ccc(C)cc3n(C3CCCCO3)c2c1. The van der Waals surface area contributed by atoms with Crippen LogP contribution in [0.15, 0.2) is 282 Å². The highest BCUT2D eigenvalue weighted by molar-refractivity contribution is 8.00. The Morgan fingerprint density at radius 1 is 0.438 bits per heavy atom. The van der Waals surface area contributed by atoms with Crippen LogP contribution in [-0.2, 0) is 57.1 Å². The third-order valence-electron chi connectivity index (χ3n) is 28.5. The second kappa shape index (κ2) is 42.8. The fourth-order valence-electron chi connectivity index (χ4n) is 22.0. The van der Waals surface area contributed by atoms with Crippen LogP contribution in [-0.4, -0.2) is 106 Å². The number of allylic oxidation sites excluding steroid dienone is 9. The van der Waals surface area contributed by atoms with Gasteiger partial charge in [0, 0.05) is 147 Å². The molecule has 14 heterocycles. The quantitative estimate of drug-likeness (QED) is 0.0983. The number of Topliss-reactive ketones (excluding diaryl/α,β-unsaturated/α-hetero) is 3. The number of thiophene rings is 3. The normalized spacial score (nSPS) is 19.9. The van der Waals surface area contributed by atoms with Crippen molar-refractivity contribution in [2.45, 2.75) is 178 Å². The van der Waals surface area contributed by atoms with E-state index in [1.54, 1.807) is 59.2 Å². The van der Waals surface area contributed by atoms with Crippen molar-refractivity contribution in [2.24, 2.45) is 37.8 Å². The summed E-state index contributed by atoms with van der Waals surface area (Å²) in [6.07, 6.45) is 32.7. The van der Waals surface area contributed by atoms with Crippen LogP contribution in [0.1, 0.15) is 190 Å². The summed E-state index contributed by atoms with van der Waals surface area (Å²) in [5.74, 6) is 0.698. The van der Waals surface area contributed by atoms with Gasteiger partial charge in [0.2, 0.25) is 0 Å². The van der Waals surface area contributed by atoms with E-state index in [0.29, 0.717) is 76.1 Å². The Balaban J connectivity index is 0.000000111. The Morgan fingerprint density at radius 2 is 0.925 bits per heavy atom. The van der Waals surface area contributed by atoms with Crippen LogP contribution in [0.4, 0.5) is 0 Å². The number of aromatic nitrogens is 4. The summed E-state index contributed by atoms with van der Waals surface area (Å²) >= 11 is 6.77. The molecule has 0 spiro atoms. The number of nitrogens with one attached hydrogen (secondary N) is 1. The van der Waals surface area contributed by atoms with Gasteiger partial charge in [-0.25, -0.2) is 0 Å². The highest BCUT2D eigenvalue weighted by atomic mass is 32.2. The van der Waals surface area contributed by atoms with Crippen molar-refractivity contribution >= 4 is 215 Å². The first-order valence-electron chi connectivity index (χ1n) is 51.2. The Labute approximate surface area is 871 Å². The number of ketones is 3. The van der Waals surface area contributed by atoms with Crippen LogP contribution in [0.5, 0.6) is 0 Å². The number of fused-ring (bicyclic) bond motifs is 16. The second-order valence-electron chi connectivity index (χ2n) is 40.1. The zero-order chi connectivity index (χ0) is 102. The number of hydrogen-bond donors (Lipinski definition) is 1. The first-order valence-corrected chi connectivity index (χ1v) is 54.6. The van der Waals surface area contributed by atoms with Crippen molar-refractivity contribution in [3.05, 3.63) is 345 Å². The van der Waals surface area contributed by atoms with Gasteiger partial charge in [0.1, 0.15) is 12.0 Å². The highest BCUT2D eigenvalue weighted by Gasteiger charge is 2.56. The average Bonchev–Trinajstić information content (AvgIpc) is 1.55. The molecule has 3 fully saturated rings. The van der Waals surface area contributed by atoms with E-state index in [9.17, 15) is 28.8 Å². The van der Waals surface area contributed by atoms with E-state index in [1.165, 1.54) is 144 Å². The molecule has 24 rings (SSSR count). The molecular formula is C126H127N7O9S4. The second-order valence-corrected chi connectivity index (χ2v) is 45.3. The molecule has 7 atom stereocenters. The van der Waals surface area contributed by atoms with Crippen molar-refractivity contribution in [1.29, 1.82) is 0 Å². The van der Waals surface area contributed by atoms with Gasteiger partial charge in [0.15, 0.2) is 29.6 Å². The van der Waals surface area contributed by atoms with E-state index in [0.717, 1.165) is 67.2 Å². The van der Waals surface area contributed by atoms with Crippen LogP contribution in [0.25, 0.3) is 140 Å². The number of rotatable bonds is 16. The van der Waals surface area contributed by atoms with Gasteiger partial charge >= 0.3 is 0 Å². The Kier molecular flexibility index (Phi) is 29.6. The van der Waals surface area contributed by atoms with Crippen LogP contribution >= 0.6 is 45.8 Å². The fraction of sp³-hybridized carbons (Fsp3) is 0.286. The van der Waals surface area contributed by atoms with Gasteiger partial charge < -0.3 is 47.6 Å². The summed E-state index contributed by atoms with van der Waals surface area (Å²) in [6.45, 7) is 35.2. The zero-order valence-corrected chi connectivity index (χ0v) is 89.8. The Bertz CT molecular complexity index is 8190. The maximum absolute atomic E-state index is 13.9. The summed E-state index contributed by atoms with van der Waals surface area (Å²) in [4.78, 5) is 87.7. The number of carbonyl (C=O) groups excluding carboxylic acids is 6. The zero-order valence-electron chi connectivity index (χ0n) is 86.5. The molecule has 2 saturated heterocycles. The number of thioether (sulfide) groups is 1. The number of benzene rings is 8. The number of para-hydroxylation sites is 1. The van der Waals surface area contributed by atoms with Crippen LogP contribution in [0, 0.1) is 51.4 Å². The Morgan fingerprint density at radius 3 is 1.48 bits per heavy atom. The molecule has 7 aliphatic heterocycles. The largest absolute Gasteiger partial charge is 0.486 e. The van der Waals surface area contributed by atoms with Crippen molar-refractivity contribution in [2.75, 3.05) is 19.7 Å². The first kappa shape index (κ1) is 101. The minimum absolute atomic E-state index is 0.0134. The molecule has 7 unspecified atom stereocenters. The summed E-state index contributed by atoms with van der Waals surface area (Å²) < 4.78 is 26.5. The van der Waals surface area contributed by atoms with Crippen LogP contribution < -0.4 is 5.32 Å². The standard InChI is InChI=1S/C26H34N2O2S2.C24H22N2.C22H19N.C21H23NO.C19H15NO2S2.C14H14O4/c1-7-8-18-10-12-20(32-18)24-22-21(25(29)28(24)14-16(4)5)23(19-11-9-17(6)31-19)27(26(22)30)13-15(2)3;1-5-6-16-8-10-18-20-14-23-19(13-24(20)26(4)22(18)12-16)17-9-7-15(2)11-21(17)25(23)3;1-3-7-17-11-13-20-19-12-10-16(2)14-21(19)23(22(20)15-17)18-8-5-4-6-9-18;1-3-6-16-9-11-18-17-10-8-15(2)13-19(17)22(20(18)14-16)21-7-4-5-12-23-21;1-3-4-11-6-8-15(24-11)18-17-13(21)9-12(16(17)19(22)20-18)14-7-5-10(2)23-14;1-3-4-8-6-10-12(16)13-9(5-7(2)17-13)11(15)14(10)18-8/h7-8,10,12,15-17,19H,9,11,13-14H2,1-6H3;5-14H,1-4H3;3-15H,1-2H3;3,6,8-11,13-14,21H,4-5,7,12H2,1-2H3;3-8H,9H2,1-2H3,(H,20,22);3-6,9-10,13-14H,1-2H3/b8-7+;6-5+;7-3+;6-3+;2*4-3+. The van der Waals surface area contributed by atoms with E-state index in [1.807, 2.05) is 97.8 Å². The molecule has 16 nitrogen and oxygen atoms in total. The molecule has 744 valence electrons. The number of ether oxygens (including phenoxy) is 3. The lowest BCUT2D eigenvalue weighted by atomic mass is 9.77. The molecule has 0 bridgehead atoms. The van der Waals surface area contributed by atoms with Crippen LogP contribution in [0.2, 0.25) is 0 Å². The molecule has 2 aliphatic carbocycles. The predicted octanol–water partition coefficient (Wildman–Crippen LogP) is 30.3. The molecule has 146 heavy (non-hydrogen) atoms. The van der Waals surface area contributed by atoms with Crippen molar-refractivity contribution in [1.82, 2.24) is 33.4 Å². The lowest BCUT2D eigenvalue weighted by molar-refractivity contribution is -0.151. The monoisotopic (exact) mass is 2010 g/mol. The van der Waals surface area contributed by atoms with Gasteiger partial charge in [-0.1, -0.05) is 180 Å². The van der Waals surface area contributed by atoms with Gasteiger partial charge in [0.25, 0.3) is 17.7 Å². The maximum atomic E-state index is 13.9. The molecule has 1 saturated carbocycles. The lowest BCUT2D eigenvalue weighted by Gasteiger charge is -2.29. The molecule has 9 aliphatic rings. The average molecular weight is 2010 g/mol. The van der Waals surface area contributed by atoms with Gasteiger partial charge in [-0.05, 0) is 286 Å². The number of amides is 3. The molecule has 1 N–H and O–H groups in total. The number of hydrogen-bond acceptors (Lipinski definition) is 13. The molecule has 7 aromatic heterocycles. The fourth-order valence-corrected chi connectivity index (χ4v) is 26.4. The van der Waals surface area contributed by atoms with Crippen LogP contribution in [0.3, 0.4) is 0 Å². The predicted molar refractivity (Wildman–Crippen MR) is 611 cm³/mol. The van der Waals surface area contributed by atoms with E-state index < -0.39 is 24.0 Å². The number of carbonyl (C=O) groups is 6. The van der Waals surface area contributed by atoms with E-state index in [-0.39, 0.29) is 46.5 Å². The van der Waals surface area contributed by atoms with E-state index in [4.69, 9.17) is 14.2 Å². The maximum Gasteiger partial charge on any atom is 0.261 e. The van der Waals surface area contributed by atoms with Crippen molar-refractivity contribution in [3.63, 3.8) is 0 Å². The summed E-state index contributed by atoms with van der Waals surface area (Å²) in [5.41, 5.74) is 24.9. The van der Waals surface area contributed by atoms with Gasteiger partial charge in [-0.15, -0.1) is 45.8 Å². The first-order chi connectivity index (χ1) is 70.5. The topological polar surface area (TPSA) is 168 Å². The molecule has 20 heteroatoms. The Hall–Kier alpha value is -13.7. The smallest absolute Gasteiger partial charge is 0.261 e. The van der Waals surface area contributed by atoms with E-state index in [2.05, 4.69) is 320 Å². The van der Waals surface area contributed by atoms with Gasteiger partial charge in [-0.2, -0.15) is 0 Å². The summed E-state index contributed by atoms with van der Waals surface area (Å²) in [7, 11) is 4.34. The minimum atomic E-state index is -0.671. The molecule has 3 amide bonds.